The molecule has 0 bridgehead atoms. The third-order valence-corrected chi connectivity index (χ3v) is 4.24. The molecule has 3 nitrogen and oxygen atoms in total. The van der Waals surface area contributed by atoms with Crippen molar-refractivity contribution >= 4 is 23.3 Å². The predicted octanol–water partition coefficient (Wildman–Crippen LogP) is 2.03. The Bertz CT molecular complexity index is 659. The molecule has 0 aliphatic rings. The van der Waals surface area contributed by atoms with E-state index in [1.54, 1.807) is 17.4 Å². The van der Waals surface area contributed by atoms with Crippen LogP contribution in [0.1, 0.15) is 20.9 Å². The second kappa shape index (κ2) is 7.92. The average Bonchev–Trinajstić information content (AvgIpc) is 2.89. The summed E-state index contributed by atoms with van der Waals surface area (Å²) >= 11 is 1.68. The third kappa shape index (κ3) is 5.13. The Morgan fingerprint density at radius 3 is 2.55 bits per heavy atom. The Morgan fingerprint density at radius 2 is 1.91 bits per heavy atom. The number of nitrogens with one attached hydrogen (secondary N) is 2. The SMILES string of the molecule is Cc1ccc(/C=C/C(=O)NCc2ccccc2C[NH+](C)C)s1. The lowest BCUT2D eigenvalue weighted by Gasteiger charge is -2.12. The van der Waals surface area contributed by atoms with E-state index in [1.165, 1.54) is 20.9 Å². The van der Waals surface area contributed by atoms with Gasteiger partial charge < -0.3 is 10.2 Å². The van der Waals surface area contributed by atoms with Crippen LogP contribution in [0.3, 0.4) is 0 Å². The first-order valence-corrected chi connectivity index (χ1v) is 8.24. The molecule has 4 heteroatoms. The van der Waals surface area contributed by atoms with Crippen LogP contribution in [-0.4, -0.2) is 20.0 Å². The Kier molecular flexibility index (Phi) is 5.92. The molecule has 0 atom stereocenters. The van der Waals surface area contributed by atoms with Gasteiger partial charge in [0.25, 0.3) is 0 Å². The first-order chi connectivity index (χ1) is 10.5. The van der Waals surface area contributed by atoms with E-state index in [9.17, 15) is 4.79 Å². The number of carbonyl (C=O) groups excluding carboxylic acids is 1. The van der Waals surface area contributed by atoms with Gasteiger partial charge in [0.1, 0.15) is 6.54 Å². The van der Waals surface area contributed by atoms with Crippen molar-refractivity contribution in [1.82, 2.24) is 5.32 Å². The summed E-state index contributed by atoms with van der Waals surface area (Å²) in [5.41, 5.74) is 2.46. The summed E-state index contributed by atoms with van der Waals surface area (Å²) in [4.78, 5) is 15.7. The molecular formula is C18H23N2OS+. The minimum Gasteiger partial charge on any atom is -0.348 e. The molecule has 0 unspecified atom stereocenters. The van der Waals surface area contributed by atoms with E-state index in [4.69, 9.17) is 0 Å². The van der Waals surface area contributed by atoms with Gasteiger partial charge in [-0.05, 0) is 30.7 Å². The normalized spacial score (nSPS) is 11.3. The Hall–Kier alpha value is -1.91. The highest BCUT2D eigenvalue weighted by Crippen LogP contribution is 2.16. The molecule has 1 aromatic carbocycles. The molecule has 116 valence electrons. The zero-order valence-electron chi connectivity index (χ0n) is 13.3. The number of thiophene rings is 1. The molecule has 0 aliphatic heterocycles. The zero-order chi connectivity index (χ0) is 15.9. The monoisotopic (exact) mass is 315 g/mol. The van der Waals surface area contributed by atoms with Crippen LogP contribution in [0.25, 0.3) is 6.08 Å². The summed E-state index contributed by atoms with van der Waals surface area (Å²) in [5.74, 6) is -0.0574. The molecule has 22 heavy (non-hydrogen) atoms. The van der Waals surface area contributed by atoms with Crippen LogP contribution in [0.2, 0.25) is 0 Å². The first kappa shape index (κ1) is 16.5. The van der Waals surface area contributed by atoms with Crippen molar-refractivity contribution in [2.75, 3.05) is 14.1 Å². The smallest absolute Gasteiger partial charge is 0.244 e. The van der Waals surface area contributed by atoms with Gasteiger partial charge in [-0.3, -0.25) is 4.79 Å². The first-order valence-electron chi connectivity index (χ1n) is 7.43. The van der Waals surface area contributed by atoms with Crippen LogP contribution in [0.5, 0.6) is 0 Å². The summed E-state index contributed by atoms with van der Waals surface area (Å²) in [6.07, 6.45) is 3.47. The quantitative estimate of drug-likeness (QED) is 0.786. The lowest BCUT2D eigenvalue weighted by Crippen LogP contribution is -3.04. The molecule has 1 amide bonds. The largest absolute Gasteiger partial charge is 0.348 e. The van der Waals surface area contributed by atoms with Gasteiger partial charge in [-0.2, -0.15) is 0 Å². The van der Waals surface area contributed by atoms with Gasteiger partial charge >= 0.3 is 0 Å². The minimum atomic E-state index is -0.0574. The van der Waals surface area contributed by atoms with Crippen molar-refractivity contribution in [3.63, 3.8) is 0 Å². The van der Waals surface area contributed by atoms with E-state index in [1.807, 2.05) is 24.3 Å². The second-order valence-electron chi connectivity index (χ2n) is 5.65. The molecule has 1 aromatic heterocycles. The highest BCUT2D eigenvalue weighted by Gasteiger charge is 2.06. The molecule has 0 saturated carbocycles. The van der Waals surface area contributed by atoms with Crippen molar-refractivity contribution in [2.24, 2.45) is 0 Å². The van der Waals surface area contributed by atoms with Gasteiger partial charge in [-0.1, -0.05) is 24.3 Å². The van der Waals surface area contributed by atoms with E-state index in [0.29, 0.717) is 6.54 Å². The molecule has 2 aromatic rings. The fourth-order valence-corrected chi connectivity index (χ4v) is 3.01. The van der Waals surface area contributed by atoms with Gasteiger partial charge in [-0.25, -0.2) is 0 Å². The summed E-state index contributed by atoms with van der Waals surface area (Å²) in [6.45, 7) is 3.58. The molecule has 0 spiro atoms. The van der Waals surface area contributed by atoms with Crippen molar-refractivity contribution in [1.29, 1.82) is 0 Å². The minimum absolute atomic E-state index is 0.0574. The number of benzene rings is 1. The molecule has 0 saturated heterocycles. The van der Waals surface area contributed by atoms with Gasteiger partial charge in [0, 0.05) is 27.9 Å². The Morgan fingerprint density at radius 1 is 1.18 bits per heavy atom. The number of rotatable bonds is 6. The molecule has 0 radical (unpaired) electrons. The third-order valence-electron chi connectivity index (χ3n) is 3.28. The van der Waals surface area contributed by atoms with Crippen molar-refractivity contribution < 1.29 is 9.69 Å². The van der Waals surface area contributed by atoms with Crippen LogP contribution < -0.4 is 10.2 Å². The molecule has 0 aliphatic carbocycles. The molecule has 2 N–H and O–H groups in total. The average molecular weight is 315 g/mol. The molecule has 0 fully saturated rings. The fourth-order valence-electron chi connectivity index (χ4n) is 2.23. The van der Waals surface area contributed by atoms with Gasteiger partial charge in [0.2, 0.25) is 5.91 Å². The summed E-state index contributed by atoms with van der Waals surface area (Å²) < 4.78 is 0. The van der Waals surface area contributed by atoms with Gasteiger partial charge in [-0.15, -0.1) is 11.3 Å². The summed E-state index contributed by atoms with van der Waals surface area (Å²) in [7, 11) is 4.25. The van der Waals surface area contributed by atoms with E-state index in [0.717, 1.165) is 11.4 Å². The van der Waals surface area contributed by atoms with E-state index >= 15 is 0 Å². The number of carbonyl (C=O) groups is 1. The number of quaternary nitrogens is 1. The van der Waals surface area contributed by atoms with E-state index in [-0.39, 0.29) is 5.91 Å². The summed E-state index contributed by atoms with van der Waals surface area (Å²) in [5, 5.41) is 2.96. The maximum atomic E-state index is 11.9. The van der Waals surface area contributed by atoms with Gasteiger partial charge in [0.15, 0.2) is 0 Å². The number of hydrogen-bond acceptors (Lipinski definition) is 2. The lowest BCUT2D eigenvalue weighted by atomic mass is 10.1. The zero-order valence-corrected chi connectivity index (χ0v) is 14.2. The maximum absolute atomic E-state index is 11.9. The highest BCUT2D eigenvalue weighted by atomic mass is 32.1. The highest BCUT2D eigenvalue weighted by molar-refractivity contribution is 7.12. The molecular weight excluding hydrogens is 292 g/mol. The van der Waals surface area contributed by atoms with Crippen LogP contribution >= 0.6 is 11.3 Å². The Labute approximate surface area is 136 Å². The number of amides is 1. The van der Waals surface area contributed by atoms with Crippen molar-refractivity contribution in [2.45, 2.75) is 20.0 Å². The van der Waals surface area contributed by atoms with E-state index in [2.05, 4.69) is 44.5 Å². The van der Waals surface area contributed by atoms with Crippen LogP contribution in [0, 0.1) is 6.92 Å². The van der Waals surface area contributed by atoms with Gasteiger partial charge in [0.05, 0.1) is 14.1 Å². The fraction of sp³-hybridized carbons (Fsp3) is 0.278. The van der Waals surface area contributed by atoms with E-state index < -0.39 is 0 Å². The van der Waals surface area contributed by atoms with Crippen LogP contribution in [0.4, 0.5) is 0 Å². The predicted molar refractivity (Wildman–Crippen MR) is 92.9 cm³/mol. The number of aryl methyl sites for hydroxylation is 1. The number of hydrogen-bond donors (Lipinski definition) is 2. The van der Waals surface area contributed by atoms with Crippen molar-refractivity contribution in [3.05, 3.63) is 63.4 Å². The second-order valence-corrected chi connectivity index (χ2v) is 6.97. The van der Waals surface area contributed by atoms with Crippen LogP contribution in [-0.2, 0) is 17.9 Å². The Balaban J connectivity index is 1.92. The molecule has 1 heterocycles. The summed E-state index contributed by atoms with van der Waals surface area (Å²) in [6, 6.07) is 12.3. The standard InChI is InChI=1S/C18H22N2OS/c1-14-8-9-17(22-14)10-11-18(21)19-12-15-6-4-5-7-16(15)13-20(2)3/h4-11H,12-13H2,1-3H3,(H,19,21)/p+1/b11-10+. The maximum Gasteiger partial charge on any atom is 0.244 e. The lowest BCUT2D eigenvalue weighted by molar-refractivity contribution is -0.872. The topological polar surface area (TPSA) is 33.5 Å². The molecule has 2 rings (SSSR count). The van der Waals surface area contributed by atoms with Crippen LogP contribution in [0.15, 0.2) is 42.5 Å². The van der Waals surface area contributed by atoms with Crippen molar-refractivity contribution in [3.8, 4) is 0 Å².